The predicted molar refractivity (Wildman–Crippen MR) is 103 cm³/mol. The van der Waals surface area contributed by atoms with Gasteiger partial charge < -0.3 is 20.6 Å². The molecule has 0 spiro atoms. The molecule has 2 atom stereocenters. The first-order valence-corrected chi connectivity index (χ1v) is 11.5. The van der Waals surface area contributed by atoms with Crippen LogP contribution in [0.2, 0.25) is 18.1 Å². The van der Waals surface area contributed by atoms with Crippen LogP contribution in [0.3, 0.4) is 0 Å². The first kappa shape index (κ1) is 19.5. The van der Waals surface area contributed by atoms with Gasteiger partial charge in [0.25, 0.3) is 0 Å². The van der Waals surface area contributed by atoms with Crippen molar-refractivity contribution in [3.63, 3.8) is 0 Å². The van der Waals surface area contributed by atoms with E-state index in [4.69, 9.17) is 10.2 Å². The van der Waals surface area contributed by atoms with Crippen molar-refractivity contribution in [1.29, 1.82) is 0 Å². The van der Waals surface area contributed by atoms with E-state index < -0.39 is 14.4 Å². The molecule has 0 aromatic carbocycles. The van der Waals surface area contributed by atoms with E-state index in [1.54, 1.807) is 12.4 Å². The normalized spacial score (nSPS) is 21.6. The van der Waals surface area contributed by atoms with Crippen LogP contribution in [0.25, 0.3) is 5.57 Å². The van der Waals surface area contributed by atoms with E-state index in [0.29, 0.717) is 5.69 Å². The summed E-state index contributed by atoms with van der Waals surface area (Å²) in [5, 5.41) is 11.9. The van der Waals surface area contributed by atoms with Gasteiger partial charge >= 0.3 is 6.09 Å². The molecule has 0 bridgehead atoms. The molecule has 25 heavy (non-hydrogen) atoms. The highest BCUT2D eigenvalue weighted by molar-refractivity contribution is 6.74. The molecule has 1 aromatic rings. The van der Waals surface area contributed by atoms with Gasteiger partial charge in [-0.05, 0) is 42.6 Å². The summed E-state index contributed by atoms with van der Waals surface area (Å²) in [6.07, 6.45) is 5.61. The van der Waals surface area contributed by atoms with Crippen LogP contribution in [0.15, 0.2) is 24.5 Å². The van der Waals surface area contributed by atoms with Crippen molar-refractivity contribution in [1.82, 2.24) is 10.3 Å². The molecule has 0 fully saturated rings. The number of nitrogens with zero attached hydrogens (tertiary/aromatic N) is 1. The van der Waals surface area contributed by atoms with Gasteiger partial charge in [0.1, 0.15) is 0 Å². The van der Waals surface area contributed by atoms with E-state index in [9.17, 15) is 9.90 Å². The lowest BCUT2D eigenvalue weighted by Gasteiger charge is -2.42. The zero-order valence-corrected chi connectivity index (χ0v) is 16.7. The number of amides is 1. The van der Waals surface area contributed by atoms with Crippen molar-refractivity contribution in [3.8, 4) is 0 Å². The number of aromatic nitrogens is 1. The Morgan fingerprint density at radius 2 is 2.12 bits per heavy atom. The van der Waals surface area contributed by atoms with Gasteiger partial charge in [0.05, 0.1) is 24.0 Å². The van der Waals surface area contributed by atoms with Gasteiger partial charge in [-0.3, -0.25) is 4.98 Å². The molecule has 0 saturated carbocycles. The zero-order valence-electron chi connectivity index (χ0n) is 15.7. The molecule has 0 aliphatic heterocycles. The van der Waals surface area contributed by atoms with E-state index in [2.05, 4.69) is 44.2 Å². The van der Waals surface area contributed by atoms with Crippen LogP contribution in [-0.2, 0) is 4.43 Å². The molecule has 6 nitrogen and oxygen atoms in total. The fourth-order valence-electron chi connectivity index (χ4n) is 2.77. The van der Waals surface area contributed by atoms with Crippen LogP contribution < -0.4 is 11.1 Å². The maximum Gasteiger partial charge on any atom is 0.405 e. The highest BCUT2D eigenvalue weighted by atomic mass is 28.4. The topological polar surface area (TPSA) is 97.5 Å². The Labute approximate surface area is 150 Å². The first-order chi connectivity index (χ1) is 11.5. The second kappa shape index (κ2) is 7.17. The second-order valence-corrected chi connectivity index (χ2v) is 12.8. The number of hydrogen-bond acceptors (Lipinski definition) is 4. The maximum absolute atomic E-state index is 11.3. The summed E-state index contributed by atoms with van der Waals surface area (Å²) in [7, 11) is -1.99. The highest BCUT2D eigenvalue weighted by Gasteiger charge is 2.41. The molecule has 1 aliphatic carbocycles. The highest BCUT2D eigenvalue weighted by Crippen LogP contribution is 2.40. The van der Waals surface area contributed by atoms with E-state index in [1.807, 2.05) is 12.1 Å². The molecule has 1 heterocycles. The molecule has 2 unspecified atom stereocenters. The summed E-state index contributed by atoms with van der Waals surface area (Å²) in [5.74, 6) is 0. The van der Waals surface area contributed by atoms with Crippen LogP contribution in [0.1, 0.15) is 39.2 Å². The lowest BCUT2D eigenvalue weighted by atomic mass is 9.89. The number of anilines is 1. The Balaban J connectivity index is 2.29. The van der Waals surface area contributed by atoms with Gasteiger partial charge in [-0.15, -0.1) is 0 Å². The summed E-state index contributed by atoms with van der Waals surface area (Å²) < 4.78 is 6.50. The number of nitrogens with two attached hydrogens (primary N) is 1. The van der Waals surface area contributed by atoms with E-state index in [1.165, 1.54) is 0 Å². The second-order valence-electron chi connectivity index (χ2n) is 8.09. The number of carboxylic acid groups (broad SMARTS) is 1. The lowest BCUT2D eigenvalue weighted by Crippen LogP contribution is -2.51. The molecule has 4 N–H and O–H groups in total. The van der Waals surface area contributed by atoms with Crippen molar-refractivity contribution in [2.45, 2.75) is 63.9 Å². The van der Waals surface area contributed by atoms with E-state index in [0.717, 1.165) is 24.0 Å². The standard InChI is InChI=1S/C18H29N3O3Si/c1-18(2,3)25(4,5)24-16-7-6-12(10-15(16)21-17(22)23)13-8-9-20-11-14(13)19/h8-11,15-16,21H,6-7,19H2,1-5H3,(H,22,23). The summed E-state index contributed by atoms with van der Waals surface area (Å²) in [4.78, 5) is 15.3. The third-order valence-corrected chi connectivity index (χ3v) is 9.72. The van der Waals surface area contributed by atoms with Crippen molar-refractivity contribution in [3.05, 3.63) is 30.1 Å². The van der Waals surface area contributed by atoms with Gasteiger partial charge in [-0.25, -0.2) is 4.79 Å². The van der Waals surface area contributed by atoms with Gasteiger partial charge in [0.2, 0.25) is 0 Å². The number of rotatable bonds is 4. The molecule has 1 aromatic heterocycles. The third kappa shape index (κ3) is 4.61. The van der Waals surface area contributed by atoms with Crippen LogP contribution in [-0.4, -0.2) is 36.6 Å². The minimum Gasteiger partial charge on any atom is -0.465 e. The fraction of sp³-hybridized carbons (Fsp3) is 0.556. The minimum atomic E-state index is -1.99. The van der Waals surface area contributed by atoms with Crippen molar-refractivity contribution in [2.24, 2.45) is 0 Å². The SMILES string of the molecule is CC(C)(C)[Si](C)(C)OC1CCC(c2ccncc2N)=CC1NC(=O)O. The number of allylic oxidation sites excluding steroid dienone is 1. The minimum absolute atomic E-state index is 0.0697. The van der Waals surface area contributed by atoms with Crippen LogP contribution in [0.5, 0.6) is 0 Å². The van der Waals surface area contributed by atoms with Crippen molar-refractivity contribution >= 4 is 25.7 Å². The Morgan fingerprint density at radius 1 is 1.44 bits per heavy atom. The summed E-state index contributed by atoms with van der Waals surface area (Å²) in [6.45, 7) is 10.9. The van der Waals surface area contributed by atoms with Crippen LogP contribution >= 0.6 is 0 Å². The number of nitrogen functional groups attached to an aromatic ring is 1. The summed E-state index contributed by atoms with van der Waals surface area (Å²) in [6, 6.07) is 1.48. The van der Waals surface area contributed by atoms with Crippen molar-refractivity contribution < 1.29 is 14.3 Å². The molecule has 2 rings (SSSR count). The molecule has 138 valence electrons. The summed E-state index contributed by atoms with van der Waals surface area (Å²) in [5.41, 5.74) is 8.58. The number of hydrogen-bond donors (Lipinski definition) is 3. The quantitative estimate of drug-likeness (QED) is 0.706. The predicted octanol–water partition coefficient (Wildman–Crippen LogP) is 3.87. The average Bonchev–Trinajstić information content (AvgIpc) is 2.48. The monoisotopic (exact) mass is 363 g/mol. The van der Waals surface area contributed by atoms with Gasteiger partial charge in [-0.1, -0.05) is 26.8 Å². The fourth-order valence-corrected chi connectivity index (χ4v) is 4.15. The Morgan fingerprint density at radius 3 is 2.68 bits per heavy atom. The van der Waals surface area contributed by atoms with Gasteiger partial charge in [-0.2, -0.15) is 0 Å². The number of pyridine rings is 1. The molecule has 1 amide bonds. The molecular formula is C18H29N3O3Si. The Kier molecular flexibility index (Phi) is 5.58. The molecular weight excluding hydrogens is 334 g/mol. The third-order valence-electron chi connectivity index (χ3n) is 5.22. The maximum atomic E-state index is 11.3. The average molecular weight is 364 g/mol. The van der Waals surface area contributed by atoms with Crippen LogP contribution in [0.4, 0.5) is 10.5 Å². The molecule has 0 saturated heterocycles. The van der Waals surface area contributed by atoms with Gasteiger partial charge in [0, 0.05) is 11.8 Å². The molecule has 7 heteroatoms. The Hall–Kier alpha value is -1.86. The zero-order chi connectivity index (χ0) is 18.8. The number of carbonyl (C=O) groups is 1. The summed E-state index contributed by atoms with van der Waals surface area (Å²) >= 11 is 0. The lowest BCUT2D eigenvalue weighted by molar-refractivity contribution is 0.132. The van der Waals surface area contributed by atoms with Gasteiger partial charge in [0.15, 0.2) is 8.32 Å². The van der Waals surface area contributed by atoms with E-state index in [-0.39, 0.29) is 17.2 Å². The van der Waals surface area contributed by atoms with Crippen molar-refractivity contribution in [2.75, 3.05) is 5.73 Å². The smallest absolute Gasteiger partial charge is 0.405 e. The number of nitrogens with one attached hydrogen (secondary N) is 1. The van der Waals surface area contributed by atoms with Crippen LogP contribution in [0, 0.1) is 0 Å². The Bertz CT molecular complexity index is 668. The molecule has 1 aliphatic rings. The first-order valence-electron chi connectivity index (χ1n) is 8.59. The van der Waals surface area contributed by atoms with E-state index >= 15 is 0 Å². The largest absolute Gasteiger partial charge is 0.465 e. The molecule has 0 radical (unpaired) electrons.